The Balaban J connectivity index is 1.52. The number of aromatic nitrogens is 1. The quantitative estimate of drug-likeness (QED) is 0.912. The van der Waals surface area contributed by atoms with Gasteiger partial charge in [-0.2, -0.15) is 0 Å². The van der Waals surface area contributed by atoms with Crippen molar-refractivity contribution in [1.29, 1.82) is 0 Å². The van der Waals surface area contributed by atoms with E-state index in [-0.39, 0.29) is 5.91 Å². The molecule has 2 aromatic rings. The van der Waals surface area contributed by atoms with Crippen LogP contribution in [0.25, 0.3) is 0 Å². The molecule has 0 bridgehead atoms. The molecule has 1 N–H and O–H groups in total. The van der Waals surface area contributed by atoms with Crippen molar-refractivity contribution >= 4 is 5.91 Å². The molecule has 2 heterocycles. The first-order valence-electron chi connectivity index (χ1n) is 8.40. The third kappa shape index (κ3) is 4.04. The fourth-order valence-electron chi connectivity index (χ4n) is 2.98. The maximum Gasteiger partial charge on any atom is 0.250 e. The highest BCUT2D eigenvalue weighted by Gasteiger charge is 2.26. The predicted molar refractivity (Wildman–Crippen MR) is 93.5 cm³/mol. The van der Waals surface area contributed by atoms with Crippen LogP contribution < -0.4 is 5.32 Å². The van der Waals surface area contributed by atoms with Crippen LogP contribution in [0.1, 0.15) is 17.0 Å². The van der Waals surface area contributed by atoms with E-state index in [1.54, 1.807) is 0 Å². The molecule has 0 spiro atoms. The van der Waals surface area contributed by atoms with Crippen LogP contribution in [0.2, 0.25) is 0 Å². The molecule has 1 aliphatic rings. The molecule has 128 valence electrons. The summed E-state index contributed by atoms with van der Waals surface area (Å²) in [5.74, 6) is -0.0355. The predicted octanol–water partition coefficient (Wildman–Crippen LogP) is 1.85. The summed E-state index contributed by atoms with van der Waals surface area (Å²) in [6.45, 7) is 5.51. The van der Waals surface area contributed by atoms with Gasteiger partial charge in [0, 0.05) is 38.1 Å². The second-order valence-corrected chi connectivity index (χ2v) is 6.32. The SMILES string of the molecule is Cc1ccc(CNC(=O)[C@H]2CN(Cc3ccccc3)CCO2)n1C. The molecule has 5 heteroatoms. The van der Waals surface area contributed by atoms with Gasteiger partial charge < -0.3 is 14.6 Å². The molecule has 1 aromatic heterocycles. The monoisotopic (exact) mass is 327 g/mol. The van der Waals surface area contributed by atoms with Gasteiger partial charge in [0.05, 0.1) is 13.2 Å². The van der Waals surface area contributed by atoms with E-state index in [4.69, 9.17) is 4.74 Å². The molecule has 24 heavy (non-hydrogen) atoms. The largest absolute Gasteiger partial charge is 0.366 e. The molecule has 1 aromatic carbocycles. The topological polar surface area (TPSA) is 46.5 Å². The third-order valence-corrected chi connectivity index (χ3v) is 4.61. The Morgan fingerprint density at radius 1 is 1.25 bits per heavy atom. The average molecular weight is 327 g/mol. The number of benzene rings is 1. The van der Waals surface area contributed by atoms with Crippen LogP contribution in [0, 0.1) is 6.92 Å². The molecule has 1 saturated heterocycles. The van der Waals surface area contributed by atoms with Crippen molar-refractivity contribution in [2.45, 2.75) is 26.1 Å². The Morgan fingerprint density at radius 3 is 2.75 bits per heavy atom. The van der Waals surface area contributed by atoms with Gasteiger partial charge in [-0.05, 0) is 24.6 Å². The Labute approximate surface area is 143 Å². The normalized spacial score (nSPS) is 18.5. The van der Waals surface area contributed by atoms with E-state index < -0.39 is 6.10 Å². The lowest BCUT2D eigenvalue weighted by atomic mass is 10.2. The molecule has 3 rings (SSSR count). The minimum atomic E-state index is -0.399. The highest BCUT2D eigenvalue weighted by atomic mass is 16.5. The summed E-state index contributed by atoms with van der Waals surface area (Å²) in [6, 6.07) is 14.4. The maximum atomic E-state index is 12.4. The standard InChI is InChI=1S/C19H25N3O2/c1-15-8-9-17(21(15)2)12-20-19(23)18-14-22(10-11-24-18)13-16-6-4-3-5-7-16/h3-9,18H,10-14H2,1-2H3,(H,20,23)/t18-/m1/s1. The van der Waals surface area contributed by atoms with Crippen molar-refractivity contribution < 1.29 is 9.53 Å². The van der Waals surface area contributed by atoms with Crippen LogP contribution in [-0.2, 0) is 29.7 Å². The zero-order chi connectivity index (χ0) is 16.9. The first kappa shape index (κ1) is 16.7. The number of nitrogens with one attached hydrogen (secondary N) is 1. The number of hydrogen-bond acceptors (Lipinski definition) is 3. The molecule has 1 atom stereocenters. The van der Waals surface area contributed by atoms with E-state index in [2.05, 4.69) is 39.9 Å². The van der Waals surface area contributed by atoms with Crippen LogP contribution in [0.5, 0.6) is 0 Å². The Hall–Kier alpha value is -2.11. The van der Waals surface area contributed by atoms with E-state index in [0.29, 0.717) is 19.7 Å². The number of ether oxygens (including phenoxy) is 1. The molecule has 0 aliphatic carbocycles. The summed E-state index contributed by atoms with van der Waals surface area (Å²) >= 11 is 0. The number of nitrogens with zero attached hydrogens (tertiary/aromatic N) is 2. The van der Waals surface area contributed by atoms with Gasteiger partial charge in [-0.1, -0.05) is 30.3 Å². The van der Waals surface area contributed by atoms with E-state index >= 15 is 0 Å². The molecule has 1 amide bonds. The second kappa shape index (κ2) is 7.64. The van der Waals surface area contributed by atoms with Crippen LogP contribution in [0.4, 0.5) is 0 Å². The number of carbonyl (C=O) groups excluding carboxylic acids is 1. The number of rotatable bonds is 5. The van der Waals surface area contributed by atoms with Crippen LogP contribution in [-0.4, -0.2) is 41.2 Å². The molecule has 1 fully saturated rings. The Bertz CT molecular complexity index is 681. The minimum absolute atomic E-state index is 0.0355. The van der Waals surface area contributed by atoms with E-state index in [9.17, 15) is 4.79 Å². The van der Waals surface area contributed by atoms with E-state index in [1.165, 1.54) is 11.3 Å². The van der Waals surface area contributed by atoms with Gasteiger partial charge in [0.2, 0.25) is 0 Å². The summed E-state index contributed by atoms with van der Waals surface area (Å²) in [5, 5.41) is 3.00. The van der Waals surface area contributed by atoms with Gasteiger partial charge in [-0.3, -0.25) is 9.69 Å². The summed E-state index contributed by atoms with van der Waals surface area (Å²) in [6.07, 6.45) is -0.399. The molecule has 5 nitrogen and oxygen atoms in total. The Morgan fingerprint density at radius 2 is 2.04 bits per heavy atom. The lowest BCUT2D eigenvalue weighted by molar-refractivity contribution is -0.139. The van der Waals surface area contributed by atoms with E-state index in [1.807, 2.05) is 31.3 Å². The van der Waals surface area contributed by atoms with Gasteiger partial charge in [0.25, 0.3) is 5.91 Å². The van der Waals surface area contributed by atoms with Crippen molar-refractivity contribution in [2.75, 3.05) is 19.7 Å². The lowest BCUT2D eigenvalue weighted by Crippen LogP contribution is -2.49. The fraction of sp³-hybridized carbons (Fsp3) is 0.421. The van der Waals surface area contributed by atoms with Gasteiger partial charge in [-0.25, -0.2) is 0 Å². The first-order valence-corrected chi connectivity index (χ1v) is 8.40. The number of aryl methyl sites for hydroxylation is 1. The van der Waals surface area contributed by atoms with Crippen molar-refractivity contribution in [2.24, 2.45) is 7.05 Å². The molecule has 1 aliphatic heterocycles. The molecule has 0 radical (unpaired) electrons. The summed E-state index contributed by atoms with van der Waals surface area (Å²) < 4.78 is 7.76. The summed E-state index contributed by atoms with van der Waals surface area (Å²) in [7, 11) is 2.01. The number of hydrogen-bond donors (Lipinski definition) is 1. The van der Waals surface area contributed by atoms with Gasteiger partial charge in [-0.15, -0.1) is 0 Å². The van der Waals surface area contributed by atoms with Crippen molar-refractivity contribution in [3.63, 3.8) is 0 Å². The van der Waals surface area contributed by atoms with Crippen molar-refractivity contribution in [3.8, 4) is 0 Å². The van der Waals surface area contributed by atoms with Gasteiger partial charge in [0.1, 0.15) is 6.10 Å². The van der Waals surface area contributed by atoms with Gasteiger partial charge >= 0.3 is 0 Å². The number of carbonyl (C=O) groups is 1. The number of amides is 1. The first-order chi connectivity index (χ1) is 11.6. The molecular weight excluding hydrogens is 302 g/mol. The highest BCUT2D eigenvalue weighted by molar-refractivity contribution is 5.81. The van der Waals surface area contributed by atoms with Gasteiger partial charge in [0.15, 0.2) is 0 Å². The molecular formula is C19H25N3O2. The summed E-state index contributed by atoms with van der Waals surface area (Å²) in [4.78, 5) is 14.7. The smallest absolute Gasteiger partial charge is 0.250 e. The van der Waals surface area contributed by atoms with E-state index in [0.717, 1.165) is 18.8 Å². The Kier molecular flexibility index (Phi) is 5.33. The number of morpholine rings is 1. The lowest BCUT2D eigenvalue weighted by Gasteiger charge is -2.32. The zero-order valence-electron chi connectivity index (χ0n) is 14.4. The highest BCUT2D eigenvalue weighted by Crippen LogP contribution is 2.11. The molecule has 0 saturated carbocycles. The fourth-order valence-corrected chi connectivity index (χ4v) is 2.98. The molecule has 0 unspecified atom stereocenters. The average Bonchev–Trinajstić information content (AvgIpc) is 2.93. The van der Waals surface area contributed by atoms with Crippen LogP contribution in [0.3, 0.4) is 0 Å². The second-order valence-electron chi connectivity index (χ2n) is 6.32. The van der Waals surface area contributed by atoms with Crippen molar-refractivity contribution in [3.05, 3.63) is 59.4 Å². The van der Waals surface area contributed by atoms with Crippen LogP contribution >= 0.6 is 0 Å². The van der Waals surface area contributed by atoms with Crippen LogP contribution in [0.15, 0.2) is 42.5 Å². The zero-order valence-corrected chi connectivity index (χ0v) is 14.4. The summed E-state index contributed by atoms with van der Waals surface area (Å²) in [5.41, 5.74) is 3.54. The maximum absolute atomic E-state index is 12.4. The third-order valence-electron chi connectivity index (χ3n) is 4.61. The van der Waals surface area contributed by atoms with Crippen molar-refractivity contribution in [1.82, 2.24) is 14.8 Å². The minimum Gasteiger partial charge on any atom is -0.366 e.